The van der Waals surface area contributed by atoms with Crippen LogP contribution in [0.25, 0.3) is 0 Å². The molecule has 2 saturated carbocycles. The highest BCUT2D eigenvalue weighted by Crippen LogP contribution is 2.48. The standard InChI is InChI=1S/C16H28N2O/c1-18(11-15-8-12-4-5-14(15)7-12)16(19)9-13-3-2-6-17-10-13/h12-15,17H,2-11H2,1H3. The normalized spacial score (nSPS) is 37.5. The number of amides is 1. The molecule has 1 amide bonds. The van der Waals surface area contributed by atoms with Crippen molar-refractivity contribution in [2.45, 2.75) is 44.9 Å². The summed E-state index contributed by atoms with van der Waals surface area (Å²) in [5, 5.41) is 3.40. The van der Waals surface area contributed by atoms with E-state index in [1.54, 1.807) is 0 Å². The first-order valence-corrected chi connectivity index (χ1v) is 8.17. The number of hydrogen-bond acceptors (Lipinski definition) is 2. The van der Waals surface area contributed by atoms with E-state index in [4.69, 9.17) is 0 Å². The minimum Gasteiger partial charge on any atom is -0.345 e. The van der Waals surface area contributed by atoms with Crippen molar-refractivity contribution in [2.75, 3.05) is 26.7 Å². The molecule has 1 heterocycles. The smallest absolute Gasteiger partial charge is 0.222 e. The van der Waals surface area contributed by atoms with E-state index in [-0.39, 0.29) is 0 Å². The molecule has 3 heteroatoms. The van der Waals surface area contributed by atoms with Crippen molar-refractivity contribution in [3.63, 3.8) is 0 Å². The second-order valence-electron chi connectivity index (χ2n) is 7.13. The van der Waals surface area contributed by atoms with Crippen molar-refractivity contribution in [1.29, 1.82) is 0 Å². The van der Waals surface area contributed by atoms with E-state index in [1.807, 2.05) is 11.9 Å². The summed E-state index contributed by atoms with van der Waals surface area (Å²) < 4.78 is 0. The lowest BCUT2D eigenvalue weighted by atomic mass is 9.88. The first-order chi connectivity index (χ1) is 9.22. The fourth-order valence-electron chi connectivity index (χ4n) is 4.55. The Hall–Kier alpha value is -0.570. The highest BCUT2D eigenvalue weighted by Gasteiger charge is 2.40. The molecule has 0 aromatic rings. The lowest BCUT2D eigenvalue weighted by molar-refractivity contribution is -0.131. The zero-order valence-electron chi connectivity index (χ0n) is 12.2. The summed E-state index contributed by atoms with van der Waals surface area (Å²) in [5.41, 5.74) is 0. The van der Waals surface area contributed by atoms with Gasteiger partial charge in [0.15, 0.2) is 0 Å². The molecule has 0 spiro atoms. The van der Waals surface area contributed by atoms with Crippen LogP contribution in [0, 0.1) is 23.7 Å². The maximum absolute atomic E-state index is 12.3. The van der Waals surface area contributed by atoms with Gasteiger partial charge in [-0.05, 0) is 68.9 Å². The van der Waals surface area contributed by atoms with E-state index in [2.05, 4.69) is 5.32 Å². The largest absolute Gasteiger partial charge is 0.345 e. The number of carbonyl (C=O) groups excluding carboxylic acids is 1. The highest BCUT2D eigenvalue weighted by atomic mass is 16.2. The van der Waals surface area contributed by atoms with Crippen molar-refractivity contribution in [3.8, 4) is 0 Å². The number of carbonyl (C=O) groups is 1. The van der Waals surface area contributed by atoms with Crippen LogP contribution in [0.5, 0.6) is 0 Å². The van der Waals surface area contributed by atoms with Crippen LogP contribution in [0.3, 0.4) is 0 Å². The summed E-state index contributed by atoms with van der Waals surface area (Å²) in [6, 6.07) is 0. The van der Waals surface area contributed by atoms with Crippen LogP contribution in [0.15, 0.2) is 0 Å². The van der Waals surface area contributed by atoms with E-state index in [0.717, 1.165) is 43.8 Å². The van der Waals surface area contributed by atoms with Crippen molar-refractivity contribution >= 4 is 5.91 Å². The average Bonchev–Trinajstić information content (AvgIpc) is 3.02. The number of piperidine rings is 1. The van der Waals surface area contributed by atoms with Gasteiger partial charge in [-0.3, -0.25) is 4.79 Å². The van der Waals surface area contributed by atoms with Gasteiger partial charge >= 0.3 is 0 Å². The summed E-state index contributed by atoms with van der Waals surface area (Å²) in [4.78, 5) is 14.3. The third-order valence-corrected chi connectivity index (χ3v) is 5.68. The van der Waals surface area contributed by atoms with Crippen molar-refractivity contribution in [2.24, 2.45) is 23.7 Å². The molecule has 2 aliphatic carbocycles. The summed E-state index contributed by atoms with van der Waals surface area (Å²) in [6.07, 6.45) is 8.90. The zero-order chi connectivity index (χ0) is 13.2. The van der Waals surface area contributed by atoms with Crippen LogP contribution in [0.2, 0.25) is 0 Å². The van der Waals surface area contributed by atoms with Crippen LogP contribution >= 0.6 is 0 Å². The molecule has 2 bridgehead atoms. The summed E-state index contributed by atoms with van der Waals surface area (Å²) in [5.74, 6) is 3.66. The Bertz CT molecular complexity index is 325. The molecule has 3 aliphatic rings. The molecule has 1 aliphatic heterocycles. The summed E-state index contributed by atoms with van der Waals surface area (Å²) >= 11 is 0. The van der Waals surface area contributed by atoms with E-state index in [9.17, 15) is 4.79 Å². The van der Waals surface area contributed by atoms with Crippen molar-refractivity contribution < 1.29 is 4.79 Å². The Morgan fingerprint density at radius 1 is 1.26 bits per heavy atom. The third-order valence-electron chi connectivity index (χ3n) is 5.68. The molecule has 19 heavy (non-hydrogen) atoms. The SMILES string of the molecule is CN(CC1CC2CCC1C2)C(=O)CC1CCCNC1. The maximum Gasteiger partial charge on any atom is 0.222 e. The molecule has 1 N–H and O–H groups in total. The van der Waals surface area contributed by atoms with E-state index >= 15 is 0 Å². The van der Waals surface area contributed by atoms with Crippen LogP contribution in [0.4, 0.5) is 0 Å². The molecule has 0 aromatic heterocycles. The fraction of sp³-hybridized carbons (Fsp3) is 0.938. The van der Waals surface area contributed by atoms with Gasteiger partial charge in [0.25, 0.3) is 0 Å². The van der Waals surface area contributed by atoms with E-state index < -0.39 is 0 Å². The lowest BCUT2D eigenvalue weighted by Gasteiger charge is -2.29. The molecule has 1 saturated heterocycles. The molecule has 4 atom stereocenters. The Kier molecular flexibility index (Phi) is 4.11. The van der Waals surface area contributed by atoms with E-state index in [0.29, 0.717) is 11.8 Å². The van der Waals surface area contributed by atoms with Gasteiger partial charge in [0.1, 0.15) is 0 Å². The molecule has 0 radical (unpaired) electrons. The first kappa shape index (κ1) is 13.4. The zero-order valence-corrected chi connectivity index (χ0v) is 12.2. The van der Waals surface area contributed by atoms with Crippen molar-refractivity contribution in [1.82, 2.24) is 10.2 Å². The van der Waals surface area contributed by atoms with Gasteiger partial charge in [0.2, 0.25) is 5.91 Å². The molecular weight excluding hydrogens is 236 g/mol. The fourth-order valence-corrected chi connectivity index (χ4v) is 4.55. The van der Waals surface area contributed by atoms with Crippen LogP contribution in [0.1, 0.15) is 44.9 Å². The molecule has 3 fully saturated rings. The van der Waals surface area contributed by atoms with Gasteiger partial charge in [0.05, 0.1) is 0 Å². The number of nitrogens with zero attached hydrogens (tertiary/aromatic N) is 1. The minimum absolute atomic E-state index is 0.372. The average molecular weight is 264 g/mol. The Morgan fingerprint density at radius 3 is 2.79 bits per heavy atom. The maximum atomic E-state index is 12.3. The van der Waals surface area contributed by atoms with Crippen LogP contribution in [-0.4, -0.2) is 37.5 Å². The number of fused-ring (bicyclic) bond motifs is 2. The topological polar surface area (TPSA) is 32.3 Å². The minimum atomic E-state index is 0.372. The Labute approximate surface area is 117 Å². The highest BCUT2D eigenvalue weighted by molar-refractivity contribution is 5.76. The first-order valence-electron chi connectivity index (χ1n) is 8.17. The molecular formula is C16H28N2O. The van der Waals surface area contributed by atoms with Crippen molar-refractivity contribution in [3.05, 3.63) is 0 Å². The van der Waals surface area contributed by atoms with Gasteiger partial charge in [0, 0.05) is 20.0 Å². The second kappa shape index (κ2) is 5.82. The lowest BCUT2D eigenvalue weighted by Crippen LogP contribution is -2.37. The summed E-state index contributed by atoms with van der Waals surface area (Å²) in [6.45, 7) is 3.18. The molecule has 4 unspecified atom stereocenters. The Balaban J connectivity index is 1.44. The second-order valence-corrected chi connectivity index (χ2v) is 7.13. The molecule has 3 nitrogen and oxygen atoms in total. The van der Waals surface area contributed by atoms with Gasteiger partial charge in [-0.15, -0.1) is 0 Å². The van der Waals surface area contributed by atoms with Crippen LogP contribution < -0.4 is 5.32 Å². The Morgan fingerprint density at radius 2 is 2.16 bits per heavy atom. The predicted molar refractivity (Wildman–Crippen MR) is 76.8 cm³/mol. The van der Waals surface area contributed by atoms with Gasteiger partial charge in [-0.25, -0.2) is 0 Å². The molecule has 0 aromatic carbocycles. The quantitative estimate of drug-likeness (QED) is 0.845. The van der Waals surface area contributed by atoms with Crippen LogP contribution in [-0.2, 0) is 4.79 Å². The third kappa shape index (κ3) is 3.13. The number of nitrogens with one attached hydrogen (secondary N) is 1. The van der Waals surface area contributed by atoms with Gasteiger partial charge < -0.3 is 10.2 Å². The molecule has 3 rings (SSSR count). The van der Waals surface area contributed by atoms with Gasteiger partial charge in [-0.2, -0.15) is 0 Å². The number of rotatable bonds is 4. The molecule has 108 valence electrons. The van der Waals surface area contributed by atoms with E-state index in [1.165, 1.54) is 38.5 Å². The number of hydrogen-bond donors (Lipinski definition) is 1. The monoisotopic (exact) mass is 264 g/mol. The summed E-state index contributed by atoms with van der Waals surface area (Å²) in [7, 11) is 2.02. The van der Waals surface area contributed by atoms with Gasteiger partial charge in [-0.1, -0.05) is 6.42 Å². The predicted octanol–water partition coefficient (Wildman–Crippen LogP) is 2.27.